The van der Waals surface area contributed by atoms with Crippen LogP contribution in [0.5, 0.6) is 5.75 Å². The highest BCUT2D eigenvalue weighted by molar-refractivity contribution is 9.10. The van der Waals surface area contributed by atoms with Crippen LogP contribution in [0.3, 0.4) is 0 Å². The van der Waals surface area contributed by atoms with Crippen LogP contribution in [0.4, 0.5) is 0 Å². The molecule has 0 fully saturated rings. The molecule has 2 aromatic carbocycles. The Balaban J connectivity index is 2.04. The summed E-state index contributed by atoms with van der Waals surface area (Å²) in [6.45, 7) is 1.95. The minimum Gasteiger partial charge on any atom is -0.507 e. The molecule has 0 spiro atoms. The highest BCUT2D eigenvalue weighted by Gasteiger charge is 2.03. The first kappa shape index (κ1) is 14.3. The van der Waals surface area contributed by atoms with E-state index in [2.05, 4.69) is 26.5 Å². The number of aromatic hydroxyl groups is 1. The first-order chi connectivity index (χ1) is 9.56. The number of hydrazone groups is 1. The van der Waals surface area contributed by atoms with Gasteiger partial charge in [0.25, 0.3) is 5.91 Å². The van der Waals surface area contributed by atoms with E-state index in [-0.39, 0.29) is 11.7 Å². The van der Waals surface area contributed by atoms with Crippen LogP contribution in [0.25, 0.3) is 0 Å². The number of carbonyl (C=O) groups is 1. The fraction of sp³-hybridized carbons (Fsp3) is 0.0667. The zero-order valence-corrected chi connectivity index (χ0v) is 12.4. The molecule has 0 aliphatic heterocycles. The Morgan fingerprint density at radius 1 is 1.25 bits per heavy atom. The Hall–Kier alpha value is -2.14. The number of phenolic OH excluding ortho intramolecular Hbond substituents is 1. The summed E-state index contributed by atoms with van der Waals surface area (Å²) in [7, 11) is 0. The van der Waals surface area contributed by atoms with Crippen molar-refractivity contribution in [3.05, 3.63) is 63.6 Å². The third kappa shape index (κ3) is 3.68. The third-order valence-corrected chi connectivity index (χ3v) is 3.17. The van der Waals surface area contributed by atoms with Crippen LogP contribution in [0.1, 0.15) is 21.5 Å². The Kier molecular flexibility index (Phi) is 4.53. The van der Waals surface area contributed by atoms with Gasteiger partial charge in [-0.3, -0.25) is 4.79 Å². The average molecular weight is 333 g/mol. The van der Waals surface area contributed by atoms with Crippen molar-refractivity contribution in [2.75, 3.05) is 0 Å². The summed E-state index contributed by atoms with van der Waals surface area (Å²) >= 11 is 3.30. The number of carbonyl (C=O) groups excluding carboxylic acids is 1. The molecular weight excluding hydrogens is 320 g/mol. The number of nitrogens with one attached hydrogen (secondary N) is 1. The Labute approximate surface area is 125 Å². The minimum absolute atomic E-state index is 0.0986. The van der Waals surface area contributed by atoms with Gasteiger partial charge in [-0.2, -0.15) is 5.10 Å². The largest absolute Gasteiger partial charge is 0.507 e. The van der Waals surface area contributed by atoms with Gasteiger partial charge < -0.3 is 5.11 Å². The highest BCUT2D eigenvalue weighted by atomic mass is 79.9. The van der Waals surface area contributed by atoms with Crippen molar-refractivity contribution in [2.45, 2.75) is 6.92 Å². The maximum absolute atomic E-state index is 11.8. The SMILES string of the molecule is Cc1ccc(C(=O)N/N=C\c2cc(Br)ccc2O)cc1. The van der Waals surface area contributed by atoms with Crippen molar-refractivity contribution in [3.8, 4) is 5.75 Å². The van der Waals surface area contributed by atoms with Crippen LogP contribution in [0.15, 0.2) is 52.0 Å². The summed E-state index contributed by atoms with van der Waals surface area (Å²) in [4.78, 5) is 11.8. The van der Waals surface area contributed by atoms with Gasteiger partial charge in [-0.05, 0) is 37.3 Å². The van der Waals surface area contributed by atoms with Crippen molar-refractivity contribution in [1.82, 2.24) is 5.43 Å². The molecule has 0 radical (unpaired) electrons. The average Bonchev–Trinajstić information content (AvgIpc) is 2.43. The molecule has 0 aliphatic rings. The maximum Gasteiger partial charge on any atom is 0.271 e. The molecule has 0 saturated carbocycles. The number of phenols is 1. The number of aryl methyl sites for hydroxylation is 1. The lowest BCUT2D eigenvalue weighted by Crippen LogP contribution is -2.17. The van der Waals surface area contributed by atoms with Crippen molar-refractivity contribution in [3.63, 3.8) is 0 Å². The number of rotatable bonds is 3. The lowest BCUT2D eigenvalue weighted by Gasteiger charge is -2.01. The standard InChI is InChI=1S/C15H13BrN2O2/c1-10-2-4-11(5-3-10)15(20)18-17-9-12-8-13(16)6-7-14(12)19/h2-9,19H,1H3,(H,18,20)/b17-9-. The molecule has 0 atom stereocenters. The molecule has 0 aromatic heterocycles. The van der Waals surface area contributed by atoms with Crippen molar-refractivity contribution >= 4 is 28.1 Å². The summed E-state index contributed by atoms with van der Waals surface area (Å²) in [5.41, 5.74) is 4.56. The number of hydrogen-bond acceptors (Lipinski definition) is 3. The molecule has 0 aliphatic carbocycles. The molecular formula is C15H13BrN2O2. The van der Waals surface area contributed by atoms with E-state index < -0.39 is 0 Å². The Bertz CT molecular complexity index is 651. The first-order valence-electron chi connectivity index (χ1n) is 5.95. The van der Waals surface area contributed by atoms with Crippen LogP contribution in [0.2, 0.25) is 0 Å². The second-order valence-electron chi connectivity index (χ2n) is 4.27. The van der Waals surface area contributed by atoms with E-state index in [0.717, 1.165) is 10.0 Å². The minimum atomic E-state index is -0.296. The summed E-state index contributed by atoms with van der Waals surface area (Å²) < 4.78 is 0.821. The van der Waals surface area contributed by atoms with E-state index in [0.29, 0.717) is 11.1 Å². The van der Waals surface area contributed by atoms with E-state index >= 15 is 0 Å². The number of halogens is 1. The molecule has 2 N–H and O–H groups in total. The van der Waals surface area contributed by atoms with Gasteiger partial charge in [0, 0.05) is 15.6 Å². The first-order valence-corrected chi connectivity index (χ1v) is 6.74. The predicted molar refractivity (Wildman–Crippen MR) is 82.0 cm³/mol. The molecule has 0 heterocycles. The van der Waals surface area contributed by atoms with Gasteiger partial charge in [0.2, 0.25) is 0 Å². The smallest absolute Gasteiger partial charge is 0.271 e. The topological polar surface area (TPSA) is 61.7 Å². The molecule has 0 saturated heterocycles. The molecule has 0 unspecified atom stereocenters. The van der Waals surface area contributed by atoms with Crippen LogP contribution >= 0.6 is 15.9 Å². The monoisotopic (exact) mass is 332 g/mol. The second-order valence-corrected chi connectivity index (χ2v) is 5.18. The number of amides is 1. The Morgan fingerprint density at radius 3 is 2.65 bits per heavy atom. The lowest BCUT2D eigenvalue weighted by molar-refractivity contribution is 0.0955. The predicted octanol–water partition coefficient (Wildman–Crippen LogP) is 3.23. The number of benzene rings is 2. The zero-order chi connectivity index (χ0) is 14.5. The molecule has 5 heteroatoms. The van der Waals surface area contributed by atoms with Crippen LogP contribution < -0.4 is 5.43 Å². The van der Waals surface area contributed by atoms with E-state index in [1.54, 1.807) is 30.3 Å². The van der Waals surface area contributed by atoms with Gasteiger partial charge in [0.1, 0.15) is 5.75 Å². The van der Waals surface area contributed by atoms with Crippen LogP contribution in [0, 0.1) is 6.92 Å². The summed E-state index contributed by atoms with van der Waals surface area (Å²) in [6, 6.07) is 12.2. The number of hydrogen-bond donors (Lipinski definition) is 2. The van der Waals surface area contributed by atoms with E-state index in [9.17, 15) is 9.90 Å². The second kappa shape index (κ2) is 6.34. The van der Waals surface area contributed by atoms with Gasteiger partial charge in [-0.25, -0.2) is 5.43 Å². The van der Waals surface area contributed by atoms with Crippen molar-refractivity contribution in [2.24, 2.45) is 5.10 Å². The summed E-state index contributed by atoms with van der Waals surface area (Å²) in [5.74, 6) is -0.197. The van der Waals surface area contributed by atoms with E-state index in [4.69, 9.17) is 0 Å². The molecule has 0 bridgehead atoms. The van der Waals surface area contributed by atoms with Crippen LogP contribution in [-0.4, -0.2) is 17.2 Å². The van der Waals surface area contributed by atoms with Gasteiger partial charge in [-0.1, -0.05) is 33.6 Å². The van der Waals surface area contributed by atoms with Gasteiger partial charge >= 0.3 is 0 Å². The van der Waals surface area contributed by atoms with Crippen LogP contribution in [-0.2, 0) is 0 Å². The van der Waals surface area contributed by atoms with Gasteiger partial charge in [0.15, 0.2) is 0 Å². The maximum atomic E-state index is 11.8. The third-order valence-electron chi connectivity index (χ3n) is 2.67. The van der Waals surface area contributed by atoms with E-state index in [1.165, 1.54) is 6.21 Å². The molecule has 1 amide bonds. The van der Waals surface area contributed by atoms with Crippen molar-refractivity contribution in [1.29, 1.82) is 0 Å². The lowest BCUT2D eigenvalue weighted by atomic mass is 10.1. The van der Waals surface area contributed by atoms with Gasteiger partial charge in [0.05, 0.1) is 6.21 Å². The molecule has 2 aromatic rings. The normalized spacial score (nSPS) is 10.7. The van der Waals surface area contributed by atoms with E-state index in [1.807, 2.05) is 19.1 Å². The fourth-order valence-corrected chi connectivity index (χ4v) is 1.94. The van der Waals surface area contributed by atoms with Crippen molar-refractivity contribution < 1.29 is 9.90 Å². The van der Waals surface area contributed by atoms with Gasteiger partial charge in [-0.15, -0.1) is 0 Å². The fourth-order valence-electron chi connectivity index (χ4n) is 1.56. The molecule has 2 rings (SSSR count). The Morgan fingerprint density at radius 2 is 1.95 bits per heavy atom. The molecule has 20 heavy (non-hydrogen) atoms. The highest BCUT2D eigenvalue weighted by Crippen LogP contribution is 2.19. The quantitative estimate of drug-likeness (QED) is 0.669. The molecule has 102 valence electrons. The zero-order valence-electron chi connectivity index (χ0n) is 10.8. The summed E-state index contributed by atoms with van der Waals surface area (Å²) in [5, 5.41) is 13.5. The molecule has 4 nitrogen and oxygen atoms in total. The summed E-state index contributed by atoms with van der Waals surface area (Å²) in [6.07, 6.45) is 1.40. The number of nitrogens with zero attached hydrogens (tertiary/aromatic N) is 1.